The first-order valence-electron chi connectivity index (χ1n) is 6.29. The minimum absolute atomic E-state index is 0.206. The minimum Gasteiger partial charge on any atom is -0.310 e. The molecule has 3 rings (SSSR count). The molecule has 18 heavy (non-hydrogen) atoms. The molecule has 0 radical (unpaired) electrons. The van der Waals surface area contributed by atoms with Crippen LogP contribution in [0.1, 0.15) is 18.4 Å². The number of rotatable bonds is 3. The molecular weight excluding hydrogens is 242 g/mol. The highest BCUT2D eigenvalue weighted by Gasteiger charge is 2.42. The van der Waals surface area contributed by atoms with Crippen molar-refractivity contribution in [2.75, 3.05) is 7.05 Å². The molecule has 2 aromatic rings. The van der Waals surface area contributed by atoms with Crippen molar-refractivity contribution in [3.63, 3.8) is 0 Å². The lowest BCUT2D eigenvalue weighted by Gasteiger charge is -2.16. The smallest absolute Gasteiger partial charge is 0.0484 e. The minimum atomic E-state index is 0.206. The molecule has 1 fully saturated rings. The zero-order valence-corrected chi connectivity index (χ0v) is 11.2. The highest BCUT2D eigenvalue weighted by atomic mass is 35.5. The van der Waals surface area contributed by atoms with Crippen LogP contribution in [0.3, 0.4) is 0 Å². The van der Waals surface area contributed by atoms with Crippen molar-refractivity contribution < 1.29 is 0 Å². The van der Waals surface area contributed by atoms with Gasteiger partial charge >= 0.3 is 0 Å². The SMILES string of the molecule is CNC1(c2cccc(-c3ccccc3Cl)c2)CC1. The van der Waals surface area contributed by atoms with Crippen LogP contribution in [0.25, 0.3) is 11.1 Å². The molecule has 0 aromatic heterocycles. The first kappa shape index (κ1) is 11.8. The van der Waals surface area contributed by atoms with E-state index in [0.29, 0.717) is 0 Å². The van der Waals surface area contributed by atoms with Crippen LogP contribution >= 0.6 is 11.6 Å². The Kier molecular flexibility index (Phi) is 2.89. The summed E-state index contributed by atoms with van der Waals surface area (Å²) in [5.41, 5.74) is 3.87. The van der Waals surface area contributed by atoms with Gasteiger partial charge in [0.25, 0.3) is 0 Å². The van der Waals surface area contributed by atoms with Crippen molar-refractivity contribution in [3.05, 3.63) is 59.1 Å². The van der Waals surface area contributed by atoms with Crippen molar-refractivity contribution in [1.82, 2.24) is 5.32 Å². The number of benzene rings is 2. The topological polar surface area (TPSA) is 12.0 Å². The van der Waals surface area contributed by atoms with E-state index in [1.165, 1.54) is 24.0 Å². The van der Waals surface area contributed by atoms with Crippen molar-refractivity contribution in [1.29, 1.82) is 0 Å². The van der Waals surface area contributed by atoms with Gasteiger partial charge in [-0.15, -0.1) is 0 Å². The molecule has 2 heteroatoms. The van der Waals surface area contributed by atoms with Gasteiger partial charge < -0.3 is 5.32 Å². The maximum atomic E-state index is 6.26. The Morgan fingerprint density at radius 2 is 1.83 bits per heavy atom. The third kappa shape index (κ3) is 1.94. The van der Waals surface area contributed by atoms with E-state index in [4.69, 9.17) is 11.6 Å². The number of hydrogen-bond acceptors (Lipinski definition) is 1. The summed E-state index contributed by atoms with van der Waals surface area (Å²) >= 11 is 6.26. The number of hydrogen-bond donors (Lipinski definition) is 1. The van der Waals surface area contributed by atoms with Crippen LogP contribution < -0.4 is 5.32 Å². The van der Waals surface area contributed by atoms with Crippen molar-refractivity contribution in [2.24, 2.45) is 0 Å². The van der Waals surface area contributed by atoms with E-state index in [9.17, 15) is 0 Å². The molecule has 2 aromatic carbocycles. The summed E-state index contributed by atoms with van der Waals surface area (Å²) in [5.74, 6) is 0. The van der Waals surface area contributed by atoms with Gasteiger partial charge in [-0.2, -0.15) is 0 Å². The monoisotopic (exact) mass is 257 g/mol. The summed E-state index contributed by atoms with van der Waals surface area (Å²) in [6.45, 7) is 0. The Morgan fingerprint density at radius 3 is 2.50 bits per heavy atom. The second-order valence-electron chi connectivity index (χ2n) is 4.89. The Balaban J connectivity index is 2.04. The lowest BCUT2D eigenvalue weighted by Crippen LogP contribution is -2.24. The lowest BCUT2D eigenvalue weighted by atomic mass is 9.98. The quantitative estimate of drug-likeness (QED) is 0.868. The summed E-state index contributed by atoms with van der Waals surface area (Å²) in [6, 6.07) is 16.7. The summed E-state index contributed by atoms with van der Waals surface area (Å²) in [6.07, 6.45) is 2.44. The third-order valence-corrected chi connectivity index (χ3v) is 4.16. The lowest BCUT2D eigenvalue weighted by molar-refractivity contribution is 0.586. The van der Waals surface area contributed by atoms with E-state index in [1.807, 2.05) is 25.2 Å². The molecule has 1 nitrogen and oxygen atoms in total. The van der Waals surface area contributed by atoms with Gasteiger partial charge in [0, 0.05) is 16.1 Å². The van der Waals surface area contributed by atoms with E-state index in [2.05, 4.69) is 35.6 Å². The maximum absolute atomic E-state index is 6.26. The van der Waals surface area contributed by atoms with Crippen molar-refractivity contribution in [2.45, 2.75) is 18.4 Å². The Morgan fingerprint density at radius 1 is 1.06 bits per heavy atom. The third-order valence-electron chi connectivity index (χ3n) is 3.83. The van der Waals surface area contributed by atoms with Gasteiger partial charge in [-0.3, -0.25) is 0 Å². The maximum Gasteiger partial charge on any atom is 0.0484 e. The van der Waals surface area contributed by atoms with Gasteiger partial charge in [-0.1, -0.05) is 48.0 Å². The molecule has 1 N–H and O–H groups in total. The predicted molar refractivity (Wildman–Crippen MR) is 76.9 cm³/mol. The van der Waals surface area contributed by atoms with Gasteiger partial charge in [0.1, 0.15) is 0 Å². The summed E-state index contributed by atoms with van der Waals surface area (Å²) in [4.78, 5) is 0. The van der Waals surface area contributed by atoms with Crippen molar-refractivity contribution in [3.8, 4) is 11.1 Å². The highest BCUT2D eigenvalue weighted by molar-refractivity contribution is 6.33. The standard InChI is InChI=1S/C16H16ClN/c1-18-16(9-10-16)13-6-4-5-12(11-13)14-7-2-3-8-15(14)17/h2-8,11,18H,9-10H2,1H3. The van der Waals surface area contributed by atoms with E-state index < -0.39 is 0 Å². The predicted octanol–water partition coefficient (Wildman–Crippen LogP) is 4.22. The van der Waals surface area contributed by atoms with Gasteiger partial charge in [-0.05, 0) is 43.1 Å². The molecule has 1 aliphatic rings. The number of halogens is 1. The molecule has 92 valence electrons. The zero-order chi connectivity index (χ0) is 12.6. The largest absolute Gasteiger partial charge is 0.310 e. The molecule has 1 saturated carbocycles. The van der Waals surface area contributed by atoms with Gasteiger partial charge in [0.05, 0.1) is 0 Å². The first-order chi connectivity index (χ1) is 8.75. The molecule has 0 spiro atoms. The van der Waals surface area contributed by atoms with E-state index in [-0.39, 0.29) is 5.54 Å². The average molecular weight is 258 g/mol. The van der Waals surface area contributed by atoms with Gasteiger partial charge in [0.2, 0.25) is 0 Å². The van der Waals surface area contributed by atoms with Crippen molar-refractivity contribution >= 4 is 11.6 Å². The molecule has 0 heterocycles. The van der Waals surface area contributed by atoms with Crippen LogP contribution in [0.4, 0.5) is 0 Å². The molecule has 0 aliphatic heterocycles. The first-order valence-corrected chi connectivity index (χ1v) is 6.67. The summed E-state index contributed by atoms with van der Waals surface area (Å²) < 4.78 is 0. The van der Waals surface area contributed by atoms with Crippen LogP contribution in [0.5, 0.6) is 0 Å². The second-order valence-corrected chi connectivity index (χ2v) is 5.30. The molecule has 1 aliphatic carbocycles. The van der Waals surface area contributed by atoms with Crippen LogP contribution in [0.2, 0.25) is 5.02 Å². The fourth-order valence-electron chi connectivity index (χ4n) is 2.49. The molecular formula is C16H16ClN. The number of nitrogens with one attached hydrogen (secondary N) is 1. The Hall–Kier alpha value is -1.31. The fraction of sp³-hybridized carbons (Fsp3) is 0.250. The summed E-state index contributed by atoms with van der Waals surface area (Å²) in [7, 11) is 2.04. The Labute approximate surface area is 113 Å². The van der Waals surface area contributed by atoms with Crippen LogP contribution in [-0.2, 0) is 5.54 Å². The van der Waals surface area contributed by atoms with Crippen LogP contribution in [0, 0.1) is 0 Å². The average Bonchev–Trinajstić information content (AvgIpc) is 3.20. The molecule has 0 atom stereocenters. The second kappa shape index (κ2) is 4.42. The fourth-order valence-corrected chi connectivity index (χ4v) is 2.73. The van der Waals surface area contributed by atoms with Gasteiger partial charge in [0.15, 0.2) is 0 Å². The van der Waals surface area contributed by atoms with Crippen LogP contribution in [-0.4, -0.2) is 7.05 Å². The zero-order valence-electron chi connectivity index (χ0n) is 10.4. The molecule has 0 bridgehead atoms. The van der Waals surface area contributed by atoms with E-state index >= 15 is 0 Å². The summed E-state index contributed by atoms with van der Waals surface area (Å²) in [5, 5.41) is 4.24. The normalized spacial score (nSPS) is 16.6. The van der Waals surface area contributed by atoms with Gasteiger partial charge in [-0.25, -0.2) is 0 Å². The highest BCUT2D eigenvalue weighted by Crippen LogP contribution is 2.46. The Bertz CT molecular complexity index is 573. The van der Waals surface area contributed by atoms with E-state index in [1.54, 1.807) is 0 Å². The molecule has 0 saturated heterocycles. The van der Waals surface area contributed by atoms with E-state index in [0.717, 1.165) is 10.6 Å². The molecule has 0 amide bonds. The van der Waals surface area contributed by atoms with Crippen LogP contribution in [0.15, 0.2) is 48.5 Å². The molecule has 0 unspecified atom stereocenters.